The Bertz CT molecular complexity index is 1210. The van der Waals surface area contributed by atoms with Gasteiger partial charge in [-0.3, -0.25) is 14.5 Å². The molecule has 36 heavy (non-hydrogen) atoms. The van der Waals surface area contributed by atoms with Gasteiger partial charge in [-0.2, -0.15) is 0 Å². The number of ketones is 1. The maximum Gasteiger partial charge on any atom is 0.279 e. The van der Waals surface area contributed by atoms with Gasteiger partial charge in [0.15, 0.2) is 17.2 Å². The van der Waals surface area contributed by atoms with Crippen molar-refractivity contribution in [2.24, 2.45) is 17.0 Å². The predicted molar refractivity (Wildman–Crippen MR) is 140 cm³/mol. The van der Waals surface area contributed by atoms with Crippen LogP contribution in [0.5, 0.6) is 0 Å². The molecule has 3 heterocycles. The van der Waals surface area contributed by atoms with Gasteiger partial charge in [-0.25, -0.2) is 4.98 Å². The largest absolute Gasteiger partial charge is 0.398 e. The Morgan fingerprint density at radius 1 is 0.917 bits per heavy atom. The van der Waals surface area contributed by atoms with Gasteiger partial charge in [0.2, 0.25) is 0 Å². The van der Waals surface area contributed by atoms with E-state index < -0.39 is 0 Å². The molecule has 4 unspecified atom stereocenters. The number of aromatic nitrogens is 2. The van der Waals surface area contributed by atoms with Crippen molar-refractivity contribution in [1.29, 1.82) is 0 Å². The predicted octanol–water partition coefficient (Wildman–Crippen LogP) is 4.86. The molecule has 2 saturated carbocycles. The third-order valence-corrected chi connectivity index (χ3v) is 9.44. The standard InChI is InChI=1S/C29H38N4O3/c1-18(34)27(31-36-2)28-29(35)33(26-10-6-5-9-25(26)30-28)24-16-21-11-12-22(17-24)32(21)23-14-19-7-3-4-8-20(13-19)15-23/h5-6,9-10,19-24H,3-4,7-8,11-17H2,1-2H3/b31-27+. The van der Waals surface area contributed by atoms with Crippen LogP contribution in [0, 0.1) is 11.8 Å². The van der Waals surface area contributed by atoms with E-state index in [1.165, 1.54) is 71.8 Å². The van der Waals surface area contributed by atoms with Crippen molar-refractivity contribution < 1.29 is 9.63 Å². The van der Waals surface area contributed by atoms with Gasteiger partial charge in [-0.05, 0) is 68.9 Å². The van der Waals surface area contributed by atoms with Crippen LogP contribution in [0.15, 0.2) is 34.2 Å². The van der Waals surface area contributed by atoms with Crippen LogP contribution in [-0.2, 0) is 9.63 Å². The lowest BCUT2D eigenvalue weighted by atomic mass is 9.76. The minimum absolute atomic E-state index is 0.00720. The first-order chi connectivity index (χ1) is 17.5. The van der Waals surface area contributed by atoms with E-state index in [9.17, 15) is 9.59 Å². The van der Waals surface area contributed by atoms with E-state index in [0.29, 0.717) is 23.6 Å². The number of nitrogens with zero attached hydrogens (tertiary/aromatic N) is 4. The number of benzene rings is 1. The Balaban J connectivity index is 1.34. The van der Waals surface area contributed by atoms with Crippen LogP contribution in [0.1, 0.15) is 89.3 Å². The molecule has 2 saturated heterocycles. The van der Waals surface area contributed by atoms with Crippen molar-refractivity contribution in [3.05, 3.63) is 40.3 Å². The molecular formula is C29H38N4O3. The lowest BCUT2D eigenvalue weighted by Gasteiger charge is -2.48. The highest BCUT2D eigenvalue weighted by Gasteiger charge is 2.47. The SMILES string of the molecule is CO/N=C(\C(C)=O)c1nc2ccccc2n(C2CC3CCC(C2)N3C2CC3CCCCC(C3)C2)c1=O. The quantitative estimate of drug-likeness (QED) is 0.442. The number of carbonyl (C=O) groups is 1. The van der Waals surface area contributed by atoms with E-state index in [0.717, 1.165) is 30.2 Å². The lowest BCUT2D eigenvalue weighted by molar-refractivity contribution is -0.111. The van der Waals surface area contributed by atoms with Gasteiger partial charge in [0, 0.05) is 31.1 Å². The van der Waals surface area contributed by atoms with Gasteiger partial charge >= 0.3 is 0 Å². The number of fused-ring (bicyclic) bond motifs is 5. The van der Waals surface area contributed by atoms with Crippen LogP contribution in [0.3, 0.4) is 0 Å². The number of piperidine rings is 1. The number of hydrogen-bond donors (Lipinski definition) is 0. The van der Waals surface area contributed by atoms with Crippen molar-refractivity contribution in [2.45, 2.75) is 102 Å². The zero-order chi connectivity index (χ0) is 24.8. The fourth-order valence-corrected chi connectivity index (χ4v) is 8.14. The van der Waals surface area contributed by atoms with Crippen LogP contribution in [0.2, 0.25) is 0 Å². The van der Waals surface area contributed by atoms with Crippen molar-refractivity contribution in [2.75, 3.05) is 7.11 Å². The first-order valence-corrected chi connectivity index (χ1v) is 13.9. The average Bonchev–Trinajstić information content (AvgIpc) is 3.02. The number of Topliss-reactive ketones (excluding diaryl/α,β-unsaturated/α-hetero) is 1. The molecule has 1 aromatic heterocycles. The zero-order valence-electron chi connectivity index (χ0n) is 21.6. The Labute approximate surface area is 212 Å². The van der Waals surface area contributed by atoms with Crippen molar-refractivity contribution in [1.82, 2.24) is 14.5 Å². The first kappa shape index (κ1) is 23.8. The van der Waals surface area contributed by atoms with Gasteiger partial charge in [0.05, 0.1) is 11.0 Å². The highest BCUT2D eigenvalue weighted by molar-refractivity contribution is 6.44. The second-order valence-corrected chi connectivity index (χ2v) is 11.6. The third-order valence-electron chi connectivity index (χ3n) is 9.44. The minimum atomic E-state index is -0.322. The maximum atomic E-state index is 13.9. The Kier molecular flexibility index (Phi) is 6.44. The van der Waals surface area contributed by atoms with Gasteiger partial charge in [-0.15, -0.1) is 0 Å². The molecule has 4 fully saturated rings. The third kappa shape index (κ3) is 4.19. The molecule has 2 aliphatic heterocycles. The fourth-order valence-electron chi connectivity index (χ4n) is 8.14. The number of rotatable bonds is 5. The maximum absolute atomic E-state index is 13.9. The summed E-state index contributed by atoms with van der Waals surface area (Å²) in [6.45, 7) is 1.40. The Morgan fingerprint density at radius 2 is 1.58 bits per heavy atom. The van der Waals surface area contributed by atoms with E-state index in [1.807, 2.05) is 28.8 Å². The van der Waals surface area contributed by atoms with Crippen molar-refractivity contribution >= 4 is 22.5 Å². The van der Waals surface area contributed by atoms with Gasteiger partial charge in [0.1, 0.15) is 7.11 Å². The van der Waals surface area contributed by atoms with Crippen LogP contribution >= 0.6 is 0 Å². The van der Waals surface area contributed by atoms with E-state index in [1.54, 1.807) is 0 Å². The highest BCUT2D eigenvalue weighted by atomic mass is 16.6. The molecule has 0 radical (unpaired) electrons. The average molecular weight is 491 g/mol. The van der Waals surface area contributed by atoms with E-state index in [2.05, 4.69) is 15.0 Å². The molecule has 4 bridgehead atoms. The summed E-state index contributed by atoms with van der Waals surface area (Å²) < 4.78 is 1.93. The zero-order valence-corrected chi connectivity index (χ0v) is 21.6. The van der Waals surface area contributed by atoms with E-state index in [-0.39, 0.29) is 28.8 Å². The number of oxime groups is 1. The molecule has 2 aromatic rings. The number of para-hydroxylation sites is 2. The molecule has 6 rings (SSSR count). The summed E-state index contributed by atoms with van der Waals surface area (Å²) in [5.41, 5.74) is 1.40. The van der Waals surface area contributed by atoms with Gasteiger partial charge in [-0.1, -0.05) is 43.0 Å². The van der Waals surface area contributed by atoms with Crippen LogP contribution < -0.4 is 5.56 Å². The summed E-state index contributed by atoms with van der Waals surface area (Å²) >= 11 is 0. The monoisotopic (exact) mass is 490 g/mol. The second-order valence-electron chi connectivity index (χ2n) is 11.6. The molecule has 1 aromatic carbocycles. The fraction of sp³-hybridized carbons (Fsp3) is 0.655. The normalized spacial score (nSPS) is 32.9. The minimum Gasteiger partial charge on any atom is -0.398 e. The van der Waals surface area contributed by atoms with Crippen molar-refractivity contribution in [3.63, 3.8) is 0 Å². The van der Waals surface area contributed by atoms with E-state index >= 15 is 0 Å². The molecule has 7 nitrogen and oxygen atoms in total. The van der Waals surface area contributed by atoms with Crippen molar-refractivity contribution in [3.8, 4) is 0 Å². The molecule has 0 N–H and O–H groups in total. The first-order valence-electron chi connectivity index (χ1n) is 13.9. The molecular weight excluding hydrogens is 452 g/mol. The Hall–Kier alpha value is -2.54. The second kappa shape index (κ2) is 9.73. The molecule has 192 valence electrons. The summed E-state index contributed by atoms with van der Waals surface area (Å²) in [5, 5.41) is 3.88. The molecule has 2 aliphatic carbocycles. The molecule has 4 atom stereocenters. The van der Waals surface area contributed by atoms with Crippen LogP contribution in [0.25, 0.3) is 11.0 Å². The molecule has 7 heteroatoms. The summed E-state index contributed by atoms with van der Waals surface area (Å²) in [5.74, 6) is 1.50. The van der Waals surface area contributed by atoms with Gasteiger partial charge in [0.25, 0.3) is 5.56 Å². The number of hydrogen-bond acceptors (Lipinski definition) is 6. The van der Waals surface area contributed by atoms with Gasteiger partial charge < -0.3 is 9.40 Å². The summed E-state index contributed by atoms with van der Waals surface area (Å²) in [6.07, 6.45) is 14.3. The molecule has 4 aliphatic rings. The lowest BCUT2D eigenvalue weighted by Crippen LogP contribution is -2.52. The Morgan fingerprint density at radius 3 is 2.22 bits per heavy atom. The molecule has 0 spiro atoms. The topological polar surface area (TPSA) is 76.8 Å². The van der Waals surface area contributed by atoms with Crippen LogP contribution in [-0.4, -0.2) is 51.2 Å². The number of carbonyl (C=O) groups excluding carboxylic acids is 1. The highest BCUT2D eigenvalue weighted by Crippen LogP contribution is 2.47. The van der Waals surface area contributed by atoms with E-state index in [4.69, 9.17) is 4.84 Å². The summed E-state index contributed by atoms with van der Waals surface area (Å²) in [6, 6.07) is 9.64. The summed E-state index contributed by atoms with van der Waals surface area (Å²) in [4.78, 5) is 38.6. The molecule has 0 amide bonds. The smallest absolute Gasteiger partial charge is 0.279 e. The summed E-state index contributed by atoms with van der Waals surface area (Å²) in [7, 11) is 1.39. The van der Waals surface area contributed by atoms with Crippen LogP contribution in [0.4, 0.5) is 0 Å².